The third-order valence-electron chi connectivity index (χ3n) is 3.82. The summed E-state index contributed by atoms with van der Waals surface area (Å²) in [6.07, 6.45) is -2.31. The van der Waals surface area contributed by atoms with Crippen molar-refractivity contribution in [1.82, 2.24) is 0 Å². The number of phenolic OH excluding ortho intramolecular Hbond substituents is 1. The van der Waals surface area contributed by atoms with Crippen LogP contribution in [0.2, 0.25) is 0 Å². The highest BCUT2D eigenvalue weighted by atomic mass is 19.4. The molecule has 0 bridgehead atoms. The van der Waals surface area contributed by atoms with Crippen molar-refractivity contribution in [1.29, 1.82) is 0 Å². The van der Waals surface area contributed by atoms with Gasteiger partial charge in [-0.1, -0.05) is 6.07 Å². The number of aliphatic imine (C=N–C) groups is 1. The maximum atomic E-state index is 12.8. The number of alkyl halides is 3. The number of halogens is 3. The van der Waals surface area contributed by atoms with Crippen LogP contribution in [0.1, 0.15) is 17.5 Å². The Bertz CT molecular complexity index is 863. The number of anilines is 1. The van der Waals surface area contributed by atoms with Gasteiger partial charge in [0.15, 0.2) is 17.3 Å². The normalized spacial score (nSPS) is 14.8. The van der Waals surface area contributed by atoms with E-state index in [1.54, 1.807) is 24.4 Å². The highest BCUT2D eigenvalue weighted by molar-refractivity contribution is 5.96. The summed E-state index contributed by atoms with van der Waals surface area (Å²) in [5, 5.41) is 15.3. The molecule has 2 aromatic carbocycles. The summed E-state index contributed by atoms with van der Waals surface area (Å²) in [7, 11) is 1.45. The molecule has 0 spiro atoms. The van der Waals surface area contributed by atoms with Crippen molar-refractivity contribution in [2.45, 2.75) is 12.6 Å². The first-order valence-electron chi connectivity index (χ1n) is 7.80. The van der Waals surface area contributed by atoms with Crippen LogP contribution in [0.5, 0.6) is 11.5 Å². The zero-order chi connectivity index (χ0) is 18.7. The number of nitrogens with zero attached hydrogens (tertiary/aromatic N) is 3. The Morgan fingerprint density at radius 1 is 1.23 bits per heavy atom. The molecule has 1 aliphatic heterocycles. The Balaban J connectivity index is 1.76. The molecule has 0 atom stereocenters. The first-order valence-corrected chi connectivity index (χ1v) is 7.80. The molecule has 136 valence electrons. The van der Waals surface area contributed by atoms with Crippen LogP contribution in [-0.4, -0.2) is 30.8 Å². The Kier molecular flexibility index (Phi) is 4.83. The fourth-order valence-corrected chi connectivity index (χ4v) is 2.49. The number of amidine groups is 1. The van der Waals surface area contributed by atoms with Crippen LogP contribution in [-0.2, 0) is 6.18 Å². The molecule has 0 saturated heterocycles. The minimum Gasteiger partial charge on any atom is -0.504 e. The van der Waals surface area contributed by atoms with Crippen LogP contribution in [0.4, 0.5) is 18.9 Å². The lowest BCUT2D eigenvalue weighted by Gasteiger charge is -2.15. The van der Waals surface area contributed by atoms with Crippen molar-refractivity contribution in [2.75, 3.05) is 18.7 Å². The standard InChI is InChI=1S/C18H16F3N3O2/c1-26-16-9-12(5-6-15(16)25)11-22-17-7-8-24(23-17)14-4-2-3-13(10-14)18(19,20)21/h2-6,9-11,25H,7-8H2,1H3. The third-order valence-corrected chi connectivity index (χ3v) is 3.82. The predicted octanol–water partition coefficient (Wildman–Crippen LogP) is 4.06. The molecule has 0 saturated carbocycles. The van der Waals surface area contributed by atoms with Crippen molar-refractivity contribution in [2.24, 2.45) is 10.1 Å². The molecular weight excluding hydrogens is 347 g/mol. The molecule has 2 aromatic rings. The first kappa shape index (κ1) is 17.8. The number of methoxy groups -OCH3 is 1. The number of hydrogen-bond donors (Lipinski definition) is 1. The fourth-order valence-electron chi connectivity index (χ4n) is 2.49. The zero-order valence-electron chi connectivity index (χ0n) is 13.9. The van der Waals surface area contributed by atoms with E-state index in [-0.39, 0.29) is 5.75 Å². The minimum absolute atomic E-state index is 0.0265. The number of ether oxygens (including phenoxy) is 1. The average Bonchev–Trinajstić information content (AvgIpc) is 3.09. The van der Waals surface area contributed by atoms with Gasteiger partial charge in [-0.05, 0) is 42.0 Å². The fraction of sp³-hybridized carbons (Fsp3) is 0.222. The van der Waals surface area contributed by atoms with E-state index >= 15 is 0 Å². The maximum absolute atomic E-state index is 12.8. The van der Waals surface area contributed by atoms with Crippen molar-refractivity contribution < 1.29 is 23.0 Å². The second-order valence-electron chi connectivity index (χ2n) is 5.63. The molecule has 0 aliphatic carbocycles. The Morgan fingerprint density at radius 3 is 2.77 bits per heavy atom. The number of phenols is 1. The highest BCUT2D eigenvalue weighted by Gasteiger charge is 2.31. The molecule has 1 heterocycles. The molecule has 3 rings (SSSR count). The summed E-state index contributed by atoms with van der Waals surface area (Å²) in [4.78, 5) is 4.27. The van der Waals surface area contributed by atoms with Crippen LogP contribution in [0.3, 0.4) is 0 Å². The van der Waals surface area contributed by atoms with Gasteiger partial charge >= 0.3 is 6.18 Å². The number of hydrazone groups is 1. The van der Waals surface area contributed by atoms with Crippen LogP contribution < -0.4 is 9.75 Å². The predicted molar refractivity (Wildman–Crippen MR) is 93.1 cm³/mol. The molecule has 1 N–H and O–H groups in total. The van der Waals surface area contributed by atoms with Crippen LogP contribution in [0.25, 0.3) is 0 Å². The Morgan fingerprint density at radius 2 is 2.04 bits per heavy atom. The lowest BCUT2D eigenvalue weighted by molar-refractivity contribution is -0.137. The van der Waals surface area contributed by atoms with E-state index in [1.165, 1.54) is 24.3 Å². The maximum Gasteiger partial charge on any atom is 0.416 e. The van der Waals surface area contributed by atoms with Gasteiger partial charge in [-0.2, -0.15) is 18.3 Å². The summed E-state index contributed by atoms with van der Waals surface area (Å²) in [5.41, 5.74) is 0.370. The molecule has 8 heteroatoms. The quantitative estimate of drug-likeness (QED) is 0.837. The molecule has 0 fully saturated rings. The lowest BCUT2D eigenvalue weighted by Crippen LogP contribution is -2.13. The summed E-state index contributed by atoms with van der Waals surface area (Å²) in [6, 6.07) is 9.82. The van der Waals surface area contributed by atoms with Gasteiger partial charge in [0.2, 0.25) is 0 Å². The van der Waals surface area contributed by atoms with E-state index in [4.69, 9.17) is 4.74 Å². The van der Waals surface area contributed by atoms with Gasteiger partial charge in [0, 0.05) is 19.2 Å². The lowest BCUT2D eigenvalue weighted by atomic mass is 10.2. The number of aromatic hydroxyl groups is 1. The zero-order valence-corrected chi connectivity index (χ0v) is 13.9. The van der Waals surface area contributed by atoms with Gasteiger partial charge in [-0.25, -0.2) is 4.99 Å². The van der Waals surface area contributed by atoms with Crippen molar-refractivity contribution in [3.05, 3.63) is 53.6 Å². The minimum atomic E-state index is -4.39. The van der Waals surface area contributed by atoms with Crippen LogP contribution in [0, 0.1) is 0 Å². The largest absolute Gasteiger partial charge is 0.504 e. The van der Waals surface area contributed by atoms with Crippen molar-refractivity contribution in [3.63, 3.8) is 0 Å². The number of benzene rings is 2. The summed E-state index contributed by atoms with van der Waals surface area (Å²) < 4.78 is 43.5. The highest BCUT2D eigenvalue weighted by Crippen LogP contribution is 2.32. The third kappa shape index (κ3) is 3.96. The molecule has 26 heavy (non-hydrogen) atoms. The first-order chi connectivity index (χ1) is 12.4. The molecule has 5 nitrogen and oxygen atoms in total. The molecular formula is C18H16F3N3O2. The molecule has 0 radical (unpaired) electrons. The molecule has 0 unspecified atom stereocenters. The molecule has 1 aliphatic rings. The van der Waals surface area contributed by atoms with E-state index < -0.39 is 11.7 Å². The Labute approximate surface area is 148 Å². The van der Waals surface area contributed by atoms with Gasteiger partial charge in [-0.3, -0.25) is 5.01 Å². The number of hydrogen-bond acceptors (Lipinski definition) is 5. The molecule has 0 aromatic heterocycles. The number of rotatable bonds is 3. The Hall–Kier alpha value is -3.03. The SMILES string of the molecule is COc1cc(C=NC2=NN(c3cccc(C(F)(F)F)c3)CC2)ccc1O. The van der Waals surface area contributed by atoms with Gasteiger partial charge in [0.1, 0.15) is 0 Å². The van der Waals surface area contributed by atoms with Gasteiger partial charge < -0.3 is 9.84 Å². The van der Waals surface area contributed by atoms with Gasteiger partial charge in [-0.15, -0.1) is 0 Å². The summed E-state index contributed by atoms with van der Waals surface area (Å²) in [6.45, 7) is 0.451. The average molecular weight is 363 g/mol. The monoisotopic (exact) mass is 363 g/mol. The second kappa shape index (κ2) is 7.07. The van der Waals surface area contributed by atoms with Crippen molar-refractivity contribution in [3.8, 4) is 11.5 Å². The van der Waals surface area contributed by atoms with E-state index in [0.717, 1.165) is 12.1 Å². The second-order valence-corrected chi connectivity index (χ2v) is 5.63. The summed E-state index contributed by atoms with van der Waals surface area (Å²) >= 11 is 0. The molecule has 0 amide bonds. The van der Waals surface area contributed by atoms with E-state index in [0.29, 0.717) is 35.8 Å². The van der Waals surface area contributed by atoms with Crippen LogP contribution in [0.15, 0.2) is 52.6 Å². The van der Waals surface area contributed by atoms with Crippen LogP contribution >= 0.6 is 0 Å². The van der Waals surface area contributed by atoms with Gasteiger partial charge in [0.25, 0.3) is 0 Å². The topological polar surface area (TPSA) is 57.4 Å². The smallest absolute Gasteiger partial charge is 0.416 e. The van der Waals surface area contributed by atoms with E-state index in [9.17, 15) is 18.3 Å². The van der Waals surface area contributed by atoms with Gasteiger partial charge in [0.05, 0.1) is 18.4 Å². The van der Waals surface area contributed by atoms with E-state index in [1.807, 2.05) is 0 Å². The van der Waals surface area contributed by atoms with Crippen molar-refractivity contribution >= 4 is 17.7 Å². The van der Waals surface area contributed by atoms with E-state index in [2.05, 4.69) is 10.1 Å². The summed E-state index contributed by atoms with van der Waals surface area (Å²) in [5.74, 6) is 0.862.